The van der Waals surface area contributed by atoms with Gasteiger partial charge in [-0.3, -0.25) is 4.40 Å². The number of carbonyl (C=O) groups is 2. The van der Waals surface area contributed by atoms with E-state index in [0.717, 1.165) is 53.0 Å². The van der Waals surface area contributed by atoms with E-state index in [1.54, 1.807) is 42.5 Å². The Balaban J connectivity index is 1.59. The number of carbonyl (C=O) groups excluding carboxylic acids is 1. The minimum absolute atomic E-state index is 0.232. The molecule has 0 aliphatic carbocycles. The van der Waals surface area contributed by atoms with Crippen LogP contribution in [0.2, 0.25) is 0 Å². The fourth-order valence-corrected chi connectivity index (χ4v) is 4.77. The lowest BCUT2D eigenvalue weighted by atomic mass is 9.96. The van der Waals surface area contributed by atoms with Gasteiger partial charge >= 0.3 is 11.9 Å². The monoisotopic (exact) mass is 518 g/mol. The van der Waals surface area contributed by atoms with E-state index < -0.39 is 18.0 Å². The van der Waals surface area contributed by atoms with Gasteiger partial charge in [-0.15, -0.1) is 0 Å². The van der Waals surface area contributed by atoms with Crippen molar-refractivity contribution in [3.63, 3.8) is 0 Å². The number of carboxylic acid groups (broad SMARTS) is 1. The third kappa shape index (κ3) is 5.46. The second-order valence-corrected chi connectivity index (χ2v) is 9.59. The van der Waals surface area contributed by atoms with Crippen LogP contribution in [0.5, 0.6) is 0 Å². The maximum absolute atomic E-state index is 13.2. The zero-order chi connectivity index (χ0) is 27.4. The Morgan fingerprint density at radius 1 is 0.923 bits per heavy atom. The standard InChI is InChI=1S/C33H30N2O4/c1-3-4-12-26-21-35-29(20-15-22(2)31(35)34-26)30(39-33(38)25-10-6-5-7-11-25)24-18-16-23(17-19-24)27-13-8-9-14-28(27)32(36)37/h5-11,13-21,30H,3-4,12H2,1-2H3,(H,36,37)/t30-/m1/s1. The van der Waals surface area contributed by atoms with Crippen LogP contribution >= 0.6 is 0 Å². The molecule has 0 amide bonds. The van der Waals surface area contributed by atoms with Gasteiger partial charge in [-0.05, 0) is 66.3 Å². The number of ether oxygens (including phenoxy) is 1. The number of fused-ring (bicyclic) bond motifs is 1. The number of benzene rings is 3. The van der Waals surface area contributed by atoms with Crippen LogP contribution in [0.15, 0.2) is 97.2 Å². The average molecular weight is 519 g/mol. The lowest BCUT2D eigenvalue weighted by Gasteiger charge is -2.21. The number of esters is 1. The van der Waals surface area contributed by atoms with Gasteiger partial charge in [0.25, 0.3) is 0 Å². The van der Waals surface area contributed by atoms with E-state index in [2.05, 4.69) is 6.92 Å². The number of aryl methyl sites for hydroxylation is 2. The van der Waals surface area contributed by atoms with Crippen LogP contribution in [-0.2, 0) is 11.2 Å². The molecule has 39 heavy (non-hydrogen) atoms. The summed E-state index contributed by atoms with van der Waals surface area (Å²) in [7, 11) is 0. The number of unbranched alkanes of at least 4 members (excludes halogenated alkanes) is 1. The van der Waals surface area contributed by atoms with Crippen LogP contribution in [0, 0.1) is 6.92 Å². The molecule has 0 unspecified atom stereocenters. The van der Waals surface area contributed by atoms with Crippen LogP contribution < -0.4 is 0 Å². The summed E-state index contributed by atoms with van der Waals surface area (Å²) in [6.45, 7) is 4.18. The molecule has 2 aromatic heterocycles. The van der Waals surface area contributed by atoms with Gasteiger partial charge in [0, 0.05) is 6.20 Å². The number of hydrogen-bond acceptors (Lipinski definition) is 4. The van der Waals surface area contributed by atoms with Crippen LogP contribution in [-0.4, -0.2) is 26.4 Å². The highest BCUT2D eigenvalue weighted by molar-refractivity contribution is 5.96. The Labute approximate surface area is 227 Å². The SMILES string of the molecule is CCCCc1cn2c([C@H](OC(=O)c3ccccc3)c3ccc(-c4ccccc4C(=O)O)cc3)ccc(C)c2n1. The van der Waals surface area contributed by atoms with Crippen molar-refractivity contribution in [2.45, 2.75) is 39.2 Å². The molecule has 0 spiro atoms. The average Bonchev–Trinajstić information content (AvgIpc) is 3.41. The number of pyridine rings is 1. The molecule has 6 nitrogen and oxygen atoms in total. The Morgan fingerprint density at radius 3 is 2.36 bits per heavy atom. The third-order valence-electron chi connectivity index (χ3n) is 6.86. The molecule has 6 heteroatoms. The van der Waals surface area contributed by atoms with Gasteiger partial charge in [0.1, 0.15) is 5.65 Å². The van der Waals surface area contributed by atoms with Gasteiger partial charge in [0.2, 0.25) is 0 Å². The molecule has 2 heterocycles. The van der Waals surface area contributed by atoms with E-state index in [1.807, 2.05) is 66.1 Å². The molecule has 0 aliphatic heterocycles. The molecule has 5 aromatic rings. The van der Waals surface area contributed by atoms with Crippen molar-refractivity contribution in [1.29, 1.82) is 0 Å². The molecule has 0 saturated heterocycles. The smallest absolute Gasteiger partial charge is 0.339 e. The Kier molecular flexibility index (Phi) is 7.55. The number of nitrogens with zero attached hydrogens (tertiary/aromatic N) is 2. The van der Waals surface area contributed by atoms with Crippen molar-refractivity contribution >= 4 is 17.6 Å². The van der Waals surface area contributed by atoms with Crippen molar-refractivity contribution in [3.05, 3.63) is 131 Å². The molecule has 0 radical (unpaired) electrons. The van der Waals surface area contributed by atoms with E-state index in [4.69, 9.17) is 9.72 Å². The molecule has 1 atom stereocenters. The van der Waals surface area contributed by atoms with Crippen LogP contribution in [0.25, 0.3) is 16.8 Å². The summed E-state index contributed by atoms with van der Waals surface area (Å²) in [5, 5.41) is 9.64. The first-order chi connectivity index (χ1) is 19.0. The van der Waals surface area contributed by atoms with Gasteiger partial charge < -0.3 is 9.84 Å². The second kappa shape index (κ2) is 11.4. The van der Waals surface area contributed by atoms with E-state index >= 15 is 0 Å². The van der Waals surface area contributed by atoms with Gasteiger partial charge in [-0.25, -0.2) is 14.6 Å². The first-order valence-electron chi connectivity index (χ1n) is 13.1. The van der Waals surface area contributed by atoms with E-state index in [-0.39, 0.29) is 5.56 Å². The molecule has 0 fully saturated rings. The highest BCUT2D eigenvalue weighted by atomic mass is 16.5. The largest absolute Gasteiger partial charge is 0.478 e. The Morgan fingerprint density at radius 2 is 1.64 bits per heavy atom. The second-order valence-electron chi connectivity index (χ2n) is 9.59. The minimum atomic E-state index is -0.981. The van der Waals surface area contributed by atoms with Crippen LogP contribution in [0.4, 0.5) is 0 Å². The maximum atomic E-state index is 13.2. The van der Waals surface area contributed by atoms with Crippen molar-refractivity contribution in [3.8, 4) is 11.1 Å². The molecule has 5 rings (SSSR count). The lowest BCUT2D eigenvalue weighted by Crippen LogP contribution is -2.16. The molecule has 1 N–H and O–H groups in total. The molecular formula is C33H30N2O4. The third-order valence-corrected chi connectivity index (χ3v) is 6.86. The fraction of sp³-hybridized carbons (Fsp3) is 0.182. The van der Waals surface area contributed by atoms with Gasteiger partial charge in [-0.2, -0.15) is 0 Å². The summed E-state index contributed by atoms with van der Waals surface area (Å²) >= 11 is 0. The van der Waals surface area contributed by atoms with Gasteiger partial charge in [-0.1, -0.05) is 80.1 Å². The summed E-state index contributed by atoms with van der Waals surface area (Å²) in [5.74, 6) is -1.41. The normalized spacial score (nSPS) is 11.8. The quantitative estimate of drug-likeness (QED) is 0.207. The van der Waals surface area contributed by atoms with Gasteiger partial charge in [0.15, 0.2) is 6.10 Å². The predicted octanol–water partition coefficient (Wildman–Crippen LogP) is 7.30. The minimum Gasteiger partial charge on any atom is -0.478 e. The Hall–Kier alpha value is -4.71. The summed E-state index contributed by atoms with van der Waals surface area (Å²) in [6, 6.07) is 27.3. The van der Waals surface area contributed by atoms with E-state index in [9.17, 15) is 14.7 Å². The highest BCUT2D eigenvalue weighted by Gasteiger charge is 2.24. The van der Waals surface area contributed by atoms with Crippen LogP contribution in [0.3, 0.4) is 0 Å². The number of imidazole rings is 1. The van der Waals surface area contributed by atoms with E-state index in [0.29, 0.717) is 11.1 Å². The first kappa shape index (κ1) is 25.9. The molecular weight excluding hydrogens is 488 g/mol. The first-order valence-corrected chi connectivity index (χ1v) is 13.1. The maximum Gasteiger partial charge on any atom is 0.339 e. The zero-order valence-corrected chi connectivity index (χ0v) is 22.0. The summed E-state index contributed by atoms with van der Waals surface area (Å²) < 4.78 is 8.20. The summed E-state index contributed by atoms with van der Waals surface area (Å²) in [4.78, 5) is 29.9. The van der Waals surface area contributed by atoms with Crippen molar-refractivity contribution in [2.75, 3.05) is 0 Å². The molecule has 0 aliphatic rings. The van der Waals surface area contributed by atoms with Gasteiger partial charge in [0.05, 0.1) is 22.5 Å². The summed E-state index contributed by atoms with van der Waals surface area (Å²) in [5.41, 5.74) is 6.52. The van der Waals surface area contributed by atoms with E-state index in [1.165, 1.54) is 0 Å². The predicted molar refractivity (Wildman–Crippen MR) is 151 cm³/mol. The molecule has 0 saturated carbocycles. The van der Waals surface area contributed by atoms with Crippen molar-refractivity contribution in [2.24, 2.45) is 0 Å². The number of aromatic carboxylic acids is 1. The number of hydrogen-bond donors (Lipinski definition) is 1. The van der Waals surface area contributed by atoms with Crippen LogP contribution in [0.1, 0.15) is 69.1 Å². The van der Waals surface area contributed by atoms with Crippen molar-refractivity contribution in [1.82, 2.24) is 9.38 Å². The topological polar surface area (TPSA) is 80.9 Å². The Bertz CT molecular complexity index is 1620. The zero-order valence-electron chi connectivity index (χ0n) is 22.0. The molecule has 0 bridgehead atoms. The number of rotatable bonds is 9. The number of aromatic nitrogens is 2. The van der Waals surface area contributed by atoms with Crippen molar-refractivity contribution < 1.29 is 19.4 Å². The highest BCUT2D eigenvalue weighted by Crippen LogP contribution is 2.32. The summed E-state index contributed by atoms with van der Waals surface area (Å²) in [6.07, 6.45) is 4.33. The fourth-order valence-electron chi connectivity index (χ4n) is 4.77. The number of carboxylic acids is 1. The lowest BCUT2D eigenvalue weighted by molar-refractivity contribution is 0.0368. The molecule has 3 aromatic carbocycles. The molecule has 196 valence electrons.